The lowest BCUT2D eigenvalue weighted by Gasteiger charge is -2.04. The predicted octanol–water partition coefficient (Wildman–Crippen LogP) is 0.850. The molecule has 4 heteroatoms. The molecule has 4 nitrogen and oxygen atoms in total. The van der Waals surface area contributed by atoms with Gasteiger partial charge in [0.15, 0.2) is 0 Å². The van der Waals surface area contributed by atoms with Crippen LogP contribution in [0.1, 0.15) is 18.2 Å². The van der Waals surface area contributed by atoms with Crippen LogP contribution in [0, 0.1) is 18.8 Å². The third-order valence-corrected chi connectivity index (χ3v) is 2.17. The third kappa shape index (κ3) is 2.74. The highest BCUT2D eigenvalue weighted by Gasteiger charge is 2.12. The maximum absolute atomic E-state index is 5.28. The van der Waals surface area contributed by atoms with Crippen molar-refractivity contribution in [1.82, 2.24) is 15.1 Å². The molecule has 0 amide bonds. The smallest absolute Gasteiger partial charge is 0.216 e. The molecular weight excluding hydrogens is 190 g/mol. The number of rotatable bonds is 4. The van der Waals surface area contributed by atoms with Crippen LogP contribution in [-0.2, 0) is 13.6 Å². The summed E-state index contributed by atoms with van der Waals surface area (Å²) in [5.41, 5.74) is 2.09. The summed E-state index contributed by atoms with van der Waals surface area (Å²) in [6, 6.07) is 0. The fourth-order valence-electron chi connectivity index (χ4n) is 1.48. The Labute approximate surface area is 90.6 Å². The second-order valence-electron chi connectivity index (χ2n) is 3.23. The number of methoxy groups -OCH3 is 1. The number of hydrogen-bond acceptors (Lipinski definition) is 3. The van der Waals surface area contributed by atoms with Crippen LogP contribution in [0.25, 0.3) is 0 Å². The Morgan fingerprint density at radius 3 is 2.87 bits per heavy atom. The van der Waals surface area contributed by atoms with Crippen molar-refractivity contribution in [3.63, 3.8) is 0 Å². The summed E-state index contributed by atoms with van der Waals surface area (Å²) in [5.74, 6) is 6.60. The zero-order chi connectivity index (χ0) is 11.3. The van der Waals surface area contributed by atoms with Crippen molar-refractivity contribution in [3.8, 4) is 17.7 Å². The molecule has 1 heterocycles. The number of aromatic nitrogens is 2. The van der Waals surface area contributed by atoms with Gasteiger partial charge in [-0.3, -0.25) is 0 Å². The molecule has 0 bridgehead atoms. The van der Waals surface area contributed by atoms with E-state index in [4.69, 9.17) is 4.74 Å². The van der Waals surface area contributed by atoms with E-state index in [-0.39, 0.29) is 0 Å². The molecule has 15 heavy (non-hydrogen) atoms. The standard InChI is InChI=1S/C11H17N3O/c1-5-6-7-12-8-10-9(2)13-14(3)11(10)15-4/h12H,7-8H2,1-4H3. The van der Waals surface area contributed by atoms with Crippen LogP contribution in [0.3, 0.4) is 0 Å². The molecular formula is C11H17N3O. The third-order valence-electron chi connectivity index (χ3n) is 2.17. The van der Waals surface area contributed by atoms with Gasteiger partial charge in [-0.15, -0.1) is 5.92 Å². The van der Waals surface area contributed by atoms with Gasteiger partial charge in [0.1, 0.15) is 0 Å². The second-order valence-corrected chi connectivity index (χ2v) is 3.23. The highest BCUT2D eigenvalue weighted by atomic mass is 16.5. The van der Waals surface area contributed by atoms with E-state index in [1.54, 1.807) is 11.8 Å². The molecule has 0 aliphatic rings. The number of aryl methyl sites for hydroxylation is 2. The van der Waals surface area contributed by atoms with E-state index in [2.05, 4.69) is 22.3 Å². The van der Waals surface area contributed by atoms with Gasteiger partial charge >= 0.3 is 0 Å². The van der Waals surface area contributed by atoms with Gasteiger partial charge in [-0.2, -0.15) is 5.10 Å². The first-order valence-corrected chi connectivity index (χ1v) is 4.87. The normalized spacial score (nSPS) is 9.60. The average molecular weight is 207 g/mol. The minimum absolute atomic E-state index is 0.688. The summed E-state index contributed by atoms with van der Waals surface area (Å²) < 4.78 is 7.03. The van der Waals surface area contributed by atoms with Crippen LogP contribution in [0.15, 0.2) is 0 Å². The molecule has 0 fully saturated rings. The molecule has 0 spiro atoms. The number of nitrogens with one attached hydrogen (secondary N) is 1. The van der Waals surface area contributed by atoms with E-state index >= 15 is 0 Å². The number of ether oxygens (including phenoxy) is 1. The molecule has 1 rings (SSSR count). The topological polar surface area (TPSA) is 39.1 Å². The highest BCUT2D eigenvalue weighted by Crippen LogP contribution is 2.20. The summed E-state index contributed by atoms with van der Waals surface area (Å²) >= 11 is 0. The van der Waals surface area contributed by atoms with Gasteiger partial charge in [-0.1, -0.05) is 5.92 Å². The average Bonchev–Trinajstić information content (AvgIpc) is 2.48. The van der Waals surface area contributed by atoms with Crippen LogP contribution in [0.2, 0.25) is 0 Å². The minimum Gasteiger partial charge on any atom is -0.481 e. The van der Waals surface area contributed by atoms with Gasteiger partial charge in [0.25, 0.3) is 0 Å². The zero-order valence-electron chi connectivity index (χ0n) is 9.72. The molecule has 0 saturated heterocycles. The lowest BCUT2D eigenvalue weighted by molar-refractivity contribution is 0.368. The van der Waals surface area contributed by atoms with E-state index in [9.17, 15) is 0 Å². The van der Waals surface area contributed by atoms with Crippen molar-refractivity contribution in [1.29, 1.82) is 0 Å². The zero-order valence-corrected chi connectivity index (χ0v) is 9.72. The van der Waals surface area contributed by atoms with E-state index in [1.807, 2.05) is 20.9 Å². The molecule has 0 aliphatic heterocycles. The lowest BCUT2D eigenvalue weighted by atomic mass is 10.2. The first kappa shape index (κ1) is 11.6. The van der Waals surface area contributed by atoms with Gasteiger partial charge in [0.05, 0.1) is 24.9 Å². The Hall–Kier alpha value is -1.47. The summed E-state index contributed by atoms with van der Waals surface area (Å²) in [6.07, 6.45) is 0. The summed E-state index contributed by atoms with van der Waals surface area (Å²) in [7, 11) is 3.53. The second kappa shape index (κ2) is 5.42. The Kier molecular flexibility index (Phi) is 4.19. The van der Waals surface area contributed by atoms with Gasteiger partial charge in [0, 0.05) is 13.6 Å². The number of hydrogen-bond donors (Lipinski definition) is 1. The van der Waals surface area contributed by atoms with E-state index in [0.717, 1.165) is 23.7 Å². The van der Waals surface area contributed by atoms with Crippen molar-refractivity contribution < 1.29 is 4.74 Å². The van der Waals surface area contributed by atoms with Crippen molar-refractivity contribution in [2.75, 3.05) is 13.7 Å². The Balaban J connectivity index is 2.69. The van der Waals surface area contributed by atoms with Crippen LogP contribution in [-0.4, -0.2) is 23.4 Å². The monoisotopic (exact) mass is 207 g/mol. The van der Waals surface area contributed by atoms with Crippen molar-refractivity contribution in [3.05, 3.63) is 11.3 Å². The molecule has 0 saturated carbocycles. The van der Waals surface area contributed by atoms with Gasteiger partial charge in [-0.05, 0) is 13.8 Å². The molecule has 1 aromatic rings. The molecule has 0 aliphatic carbocycles. The van der Waals surface area contributed by atoms with E-state index in [1.165, 1.54) is 0 Å². The highest BCUT2D eigenvalue weighted by molar-refractivity contribution is 5.30. The largest absolute Gasteiger partial charge is 0.481 e. The Morgan fingerprint density at radius 1 is 1.53 bits per heavy atom. The maximum Gasteiger partial charge on any atom is 0.216 e. The first-order valence-electron chi connectivity index (χ1n) is 4.87. The lowest BCUT2D eigenvalue weighted by Crippen LogP contribution is -2.14. The van der Waals surface area contributed by atoms with Crippen LogP contribution >= 0.6 is 0 Å². The molecule has 82 valence electrons. The van der Waals surface area contributed by atoms with Crippen LogP contribution < -0.4 is 10.1 Å². The first-order chi connectivity index (χ1) is 7.20. The Morgan fingerprint density at radius 2 is 2.27 bits per heavy atom. The summed E-state index contributed by atoms with van der Waals surface area (Å²) in [6.45, 7) is 5.23. The van der Waals surface area contributed by atoms with Crippen molar-refractivity contribution in [2.24, 2.45) is 7.05 Å². The van der Waals surface area contributed by atoms with Crippen molar-refractivity contribution >= 4 is 0 Å². The fraction of sp³-hybridized carbons (Fsp3) is 0.545. The molecule has 0 atom stereocenters. The van der Waals surface area contributed by atoms with E-state index in [0.29, 0.717) is 6.54 Å². The Bertz CT molecular complexity index is 385. The summed E-state index contributed by atoms with van der Waals surface area (Å²) in [4.78, 5) is 0. The quantitative estimate of drug-likeness (QED) is 0.587. The molecule has 0 unspecified atom stereocenters. The number of nitrogens with zero attached hydrogens (tertiary/aromatic N) is 2. The van der Waals surface area contributed by atoms with Crippen molar-refractivity contribution in [2.45, 2.75) is 20.4 Å². The minimum atomic E-state index is 0.688. The fourth-order valence-corrected chi connectivity index (χ4v) is 1.48. The van der Waals surface area contributed by atoms with Crippen LogP contribution in [0.4, 0.5) is 0 Å². The molecule has 1 N–H and O–H groups in total. The van der Waals surface area contributed by atoms with Gasteiger partial charge < -0.3 is 10.1 Å². The van der Waals surface area contributed by atoms with Gasteiger partial charge in [-0.25, -0.2) is 4.68 Å². The summed E-state index contributed by atoms with van der Waals surface area (Å²) in [5, 5.41) is 7.52. The molecule has 1 aromatic heterocycles. The molecule has 0 radical (unpaired) electrons. The molecule has 0 aromatic carbocycles. The maximum atomic E-state index is 5.28. The predicted molar refractivity (Wildman–Crippen MR) is 59.7 cm³/mol. The SMILES string of the molecule is CC#CCNCc1c(C)nn(C)c1OC. The van der Waals surface area contributed by atoms with Crippen LogP contribution in [0.5, 0.6) is 5.88 Å². The van der Waals surface area contributed by atoms with Gasteiger partial charge in [0.2, 0.25) is 5.88 Å². The van der Waals surface area contributed by atoms with E-state index < -0.39 is 0 Å².